The first kappa shape index (κ1) is 14.9. The summed E-state index contributed by atoms with van der Waals surface area (Å²) in [5.74, 6) is -0.543. The summed E-state index contributed by atoms with van der Waals surface area (Å²) in [6, 6.07) is 0. The van der Waals surface area contributed by atoms with E-state index in [-0.39, 0.29) is 11.9 Å². The van der Waals surface area contributed by atoms with Gasteiger partial charge < -0.3 is 10.5 Å². The summed E-state index contributed by atoms with van der Waals surface area (Å²) in [5, 5.41) is 0. The minimum absolute atomic E-state index is 0.218. The van der Waals surface area contributed by atoms with E-state index in [1.54, 1.807) is 13.8 Å². The number of carbonyl (C=O) groups is 2. The van der Waals surface area contributed by atoms with Gasteiger partial charge >= 0.3 is 5.97 Å². The smallest absolute Gasteiger partial charge is 0.311 e. The molecule has 0 fully saturated rings. The predicted octanol–water partition coefficient (Wildman–Crippen LogP) is 1.87. The topological polar surface area (TPSA) is 69.4 Å². The third kappa shape index (κ3) is 5.14. The number of rotatable bonds is 5. The van der Waals surface area contributed by atoms with Gasteiger partial charge in [-0.1, -0.05) is 13.8 Å². The molecule has 0 saturated carbocycles. The quantitative estimate of drug-likeness (QED) is 0.578. The van der Waals surface area contributed by atoms with Crippen molar-refractivity contribution in [3.8, 4) is 0 Å². The van der Waals surface area contributed by atoms with Crippen LogP contribution >= 0.6 is 0 Å². The zero-order valence-corrected chi connectivity index (χ0v) is 10.9. The fourth-order valence-electron chi connectivity index (χ4n) is 1.02. The fourth-order valence-corrected chi connectivity index (χ4v) is 1.02. The van der Waals surface area contributed by atoms with Crippen molar-refractivity contribution in [2.24, 2.45) is 16.6 Å². The Morgan fingerprint density at radius 2 is 1.62 bits per heavy atom. The molecule has 0 unspecified atom stereocenters. The van der Waals surface area contributed by atoms with E-state index in [9.17, 15) is 9.59 Å². The maximum atomic E-state index is 11.4. The lowest BCUT2D eigenvalue weighted by atomic mass is 9.87. The molecule has 4 nitrogen and oxygen atoms in total. The highest BCUT2D eigenvalue weighted by molar-refractivity contribution is 5.79. The van der Waals surface area contributed by atoms with Crippen LogP contribution < -0.4 is 5.73 Å². The van der Waals surface area contributed by atoms with Crippen molar-refractivity contribution in [2.75, 3.05) is 6.61 Å². The van der Waals surface area contributed by atoms with Gasteiger partial charge in [-0.05, 0) is 33.6 Å². The van der Waals surface area contributed by atoms with Crippen molar-refractivity contribution in [3.05, 3.63) is 0 Å². The lowest BCUT2D eigenvalue weighted by molar-refractivity contribution is -0.153. The summed E-state index contributed by atoms with van der Waals surface area (Å²) >= 11 is 0. The van der Waals surface area contributed by atoms with Crippen LogP contribution in [0.1, 0.15) is 47.5 Å². The van der Waals surface area contributed by atoms with Crippen LogP contribution in [0, 0.1) is 10.8 Å². The Morgan fingerprint density at radius 3 is 2.00 bits per heavy atom. The van der Waals surface area contributed by atoms with Gasteiger partial charge in [-0.3, -0.25) is 9.59 Å². The first-order valence-electron chi connectivity index (χ1n) is 5.54. The molecule has 4 heteroatoms. The van der Waals surface area contributed by atoms with E-state index in [0.29, 0.717) is 19.4 Å². The summed E-state index contributed by atoms with van der Waals surface area (Å²) in [7, 11) is 0. The summed E-state index contributed by atoms with van der Waals surface area (Å²) in [6.45, 7) is 9.35. The zero-order chi connectivity index (χ0) is 13.0. The molecule has 0 rings (SSSR count). The molecule has 0 aliphatic carbocycles. The van der Waals surface area contributed by atoms with E-state index < -0.39 is 10.8 Å². The molecular weight excluding hydrogens is 206 g/mol. The van der Waals surface area contributed by atoms with Gasteiger partial charge in [0.2, 0.25) is 5.91 Å². The van der Waals surface area contributed by atoms with Gasteiger partial charge in [0, 0.05) is 5.41 Å². The lowest BCUT2D eigenvalue weighted by Gasteiger charge is -2.21. The normalized spacial score (nSPS) is 12.3. The van der Waals surface area contributed by atoms with Crippen LogP contribution in [-0.2, 0) is 14.3 Å². The van der Waals surface area contributed by atoms with Gasteiger partial charge in [0.15, 0.2) is 0 Å². The van der Waals surface area contributed by atoms with E-state index in [0.717, 1.165) is 0 Å². The SMILES string of the molecule is CC(C)(C)C(=O)OCCCC(C)(C)C(N)=O. The van der Waals surface area contributed by atoms with E-state index in [1.165, 1.54) is 0 Å². The van der Waals surface area contributed by atoms with Gasteiger partial charge in [-0.15, -0.1) is 0 Å². The van der Waals surface area contributed by atoms with E-state index in [4.69, 9.17) is 10.5 Å². The van der Waals surface area contributed by atoms with Gasteiger partial charge in [-0.25, -0.2) is 0 Å². The molecule has 0 spiro atoms. The minimum Gasteiger partial charge on any atom is -0.465 e. The van der Waals surface area contributed by atoms with Crippen LogP contribution in [0.2, 0.25) is 0 Å². The standard InChI is InChI=1S/C12H23NO3/c1-11(2,3)10(15)16-8-6-7-12(4,5)9(13)14/h6-8H2,1-5H3,(H2,13,14). The van der Waals surface area contributed by atoms with E-state index >= 15 is 0 Å². The molecule has 0 bridgehead atoms. The van der Waals surface area contributed by atoms with Crippen molar-refractivity contribution in [2.45, 2.75) is 47.5 Å². The van der Waals surface area contributed by atoms with Gasteiger partial charge in [0.1, 0.15) is 0 Å². The van der Waals surface area contributed by atoms with Crippen molar-refractivity contribution < 1.29 is 14.3 Å². The van der Waals surface area contributed by atoms with Crippen LogP contribution in [0.15, 0.2) is 0 Å². The number of primary amides is 1. The highest BCUT2D eigenvalue weighted by Gasteiger charge is 2.25. The first-order valence-corrected chi connectivity index (χ1v) is 5.54. The molecule has 0 aliphatic heterocycles. The van der Waals surface area contributed by atoms with Crippen LogP contribution in [0.3, 0.4) is 0 Å². The Morgan fingerprint density at radius 1 is 1.12 bits per heavy atom. The fraction of sp³-hybridized carbons (Fsp3) is 0.833. The Balaban J connectivity index is 3.86. The second kappa shape index (κ2) is 5.32. The van der Waals surface area contributed by atoms with Crippen LogP contribution in [0.5, 0.6) is 0 Å². The Labute approximate surface area is 97.5 Å². The number of esters is 1. The molecule has 1 amide bonds. The first-order chi connectivity index (χ1) is 7.07. The minimum atomic E-state index is -0.534. The molecule has 2 N–H and O–H groups in total. The number of amides is 1. The lowest BCUT2D eigenvalue weighted by Crippen LogP contribution is -2.32. The molecule has 0 radical (unpaired) electrons. The van der Waals surface area contributed by atoms with Crippen LogP contribution in [0.25, 0.3) is 0 Å². The number of carbonyl (C=O) groups excluding carboxylic acids is 2. The van der Waals surface area contributed by atoms with Crippen molar-refractivity contribution in [1.29, 1.82) is 0 Å². The van der Waals surface area contributed by atoms with Gasteiger partial charge in [0.05, 0.1) is 12.0 Å². The molecule has 0 atom stereocenters. The van der Waals surface area contributed by atoms with E-state index in [2.05, 4.69) is 0 Å². The molecule has 0 heterocycles. The third-order valence-corrected chi connectivity index (χ3v) is 2.46. The summed E-state index contributed by atoms with van der Waals surface area (Å²) < 4.78 is 5.09. The maximum absolute atomic E-state index is 11.4. The second-order valence-corrected chi connectivity index (χ2v) is 5.74. The average Bonchev–Trinajstić information content (AvgIpc) is 2.10. The Hall–Kier alpha value is -1.06. The van der Waals surface area contributed by atoms with Gasteiger partial charge in [-0.2, -0.15) is 0 Å². The largest absolute Gasteiger partial charge is 0.465 e. The molecule has 0 aliphatic rings. The molecule has 0 aromatic heterocycles. The number of nitrogens with two attached hydrogens (primary N) is 1. The molecular formula is C12H23NO3. The maximum Gasteiger partial charge on any atom is 0.311 e. The van der Waals surface area contributed by atoms with Crippen LogP contribution in [0.4, 0.5) is 0 Å². The van der Waals surface area contributed by atoms with E-state index in [1.807, 2.05) is 20.8 Å². The molecule has 16 heavy (non-hydrogen) atoms. The van der Waals surface area contributed by atoms with Gasteiger partial charge in [0.25, 0.3) is 0 Å². The highest BCUT2D eigenvalue weighted by atomic mass is 16.5. The summed E-state index contributed by atoms with van der Waals surface area (Å²) in [5.41, 5.74) is 4.23. The summed E-state index contributed by atoms with van der Waals surface area (Å²) in [4.78, 5) is 22.4. The monoisotopic (exact) mass is 229 g/mol. The van der Waals surface area contributed by atoms with Crippen LogP contribution in [-0.4, -0.2) is 18.5 Å². The van der Waals surface area contributed by atoms with Crippen molar-refractivity contribution >= 4 is 11.9 Å². The number of hydrogen-bond acceptors (Lipinski definition) is 3. The predicted molar refractivity (Wildman–Crippen MR) is 62.6 cm³/mol. The van der Waals surface area contributed by atoms with Crippen molar-refractivity contribution in [1.82, 2.24) is 0 Å². The molecule has 0 aromatic rings. The van der Waals surface area contributed by atoms with Crippen molar-refractivity contribution in [3.63, 3.8) is 0 Å². The highest BCUT2D eigenvalue weighted by Crippen LogP contribution is 2.22. The number of ether oxygens (including phenoxy) is 1. The molecule has 0 saturated heterocycles. The number of hydrogen-bond donors (Lipinski definition) is 1. The Bertz CT molecular complexity index is 264. The second-order valence-electron chi connectivity index (χ2n) is 5.74. The zero-order valence-electron chi connectivity index (χ0n) is 10.9. The molecule has 94 valence electrons. The average molecular weight is 229 g/mol. The third-order valence-electron chi connectivity index (χ3n) is 2.46. The Kier molecular flexibility index (Phi) is 4.97. The molecule has 0 aromatic carbocycles. The summed E-state index contributed by atoms with van der Waals surface area (Å²) in [6.07, 6.45) is 1.28.